The Hall–Kier alpha value is -2.48. The fourth-order valence-corrected chi connectivity index (χ4v) is 4.49. The van der Waals surface area contributed by atoms with Crippen LogP contribution in [-0.4, -0.2) is 20.7 Å². The van der Waals surface area contributed by atoms with E-state index in [9.17, 15) is 4.79 Å². The molecule has 4 rings (SSSR count). The van der Waals surface area contributed by atoms with E-state index in [1.807, 2.05) is 55.6 Å². The molecule has 1 aromatic carbocycles. The van der Waals surface area contributed by atoms with Crippen molar-refractivity contribution in [1.29, 1.82) is 0 Å². The van der Waals surface area contributed by atoms with Gasteiger partial charge in [0, 0.05) is 12.3 Å². The summed E-state index contributed by atoms with van der Waals surface area (Å²) >= 11 is 8.78. The van der Waals surface area contributed by atoms with Gasteiger partial charge in [-0.15, -0.1) is 22.7 Å². The number of aryl methyl sites for hydroxylation is 1. The minimum atomic E-state index is -0.216. The number of nitrogens with one attached hydrogen (secondary N) is 1. The molecule has 0 spiro atoms. The Kier molecular flexibility index (Phi) is 4.58. The summed E-state index contributed by atoms with van der Waals surface area (Å²) < 4.78 is 2.42. The molecular formula is C18H13ClN4OS2. The second-order valence-electron chi connectivity index (χ2n) is 5.47. The van der Waals surface area contributed by atoms with Crippen LogP contribution in [0.15, 0.2) is 54.7 Å². The number of benzene rings is 1. The summed E-state index contributed by atoms with van der Waals surface area (Å²) in [7, 11) is 0. The van der Waals surface area contributed by atoms with Crippen LogP contribution in [0.2, 0.25) is 4.34 Å². The molecule has 0 radical (unpaired) electrons. The molecule has 0 saturated carbocycles. The van der Waals surface area contributed by atoms with Gasteiger partial charge in [-0.2, -0.15) is 5.10 Å². The summed E-state index contributed by atoms with van der Waals surface area (Å²) in [5, 5.41) is 8.02. The highest BCUT2D eigenvalue weighted by Crippen LogP contribution is 2.35. The van der Waals surface area contributed by atoms with Crippen molar-refractivity contribution in [1.82, 2.24) is 14.8 Å². The Balaban J connectivity index is 1.54. The van der Waals surface area contributed by atoms with Gasteiger partial charge >= 0.3 is 0 Å². The summed E-state index contributed by atoms with van der Waals surface area (Å²) in [6.45, 7) is 1.83. The fraction of sp³-hybridized carbons (Fsp3) is 0.0556. The van der Waals surface area contributed by atoms with E-state index in [0.717, 1.165) is 15.6 Å². The predicted molar refractivity (Wildman–Crippen MR) is 107 cm³/mol. The Morgan fingerprint density at radius 3 is 2.65 bits per heavy atom. The molecule has 0 fully saturated rings. The first-order chi connectivity index (χ1) is 12.6. The SMILES string of the molecule is Cc1nc(-c2ccc(Cl)s2)sc1C(=O)Nc1ccn(-c2ccccc2)n1. The number of anilines is 1. The molecule has 0 aliphatic carbocycles. The summed E-state index contributed by atoms with van der Waals surface area (Å²) in [6, 6.07) is 15.2. The van der Waals surface area contributed by atoms with Crippen LogP contribution in [0.4, 0.5) is 5.82 Å². The van der Waals surface area contributed by atoms with Gasteiger partial charge in [-0.05, 0) is 31.2 Å². The first kappa shape index (κ1) is 17.0. The Morgan fingerprint density at radius 2 is 1.92 bits per heavy atom. The molecule has 0 bridgehead atoms. The molecule has 3 heterocycles. The molecule has 0 aliphatic rings. The van der Waals surface area contributed by atoms with E-state index in [2.05, 4.69) is 15.4 Å². The van der Waals surface area contributed by atoms with Crippen molar-refractivity contribution in [2.75, 3.05) is 5.32 Å². The number of aromatic nitrogens is 3. The van der Waals surface area contributed by atoms with Crippen molar-refractivity contribution >= 4 is 46.0 Å². The largest absolute Gasteiger partial charge is 0.304 e. The normalized spacial score (nSPS) is 10.8. The van der Waals surface area contributed by atoms with E-state index < -0.39 is 0 Å². The van der Waals surface area contributed by atoms with Crippen molar-refractivity contribution in [2.45, 2.75) is 6.92 Å². The number of amides is 1. The third-order valence-corrected chi connectivity index (χ3v) is 6.19. The first-order valence-electron chi connectivity index (χ1n) is 7.76. The smallest absolute Gasteiger partial charge is 0.268 e. The van der Waals surface area contributed by atoms with Gasteiger partial charge in [0.1, 0.15) is 9.88 Å². The Labute approximate surface area is 162 Å². The van der Waals surface area contributed by atoms with Gasteiger partial charge in [-0.1, -0.05) is 29.8 Å². The molecule has 0 atom stereocenters. The lowest BCUT2D eigenvalue weighted by atomic mass is 10.3. The highest BCUT2D eigenvalue weighted by molar-refractivity contribution is 7.24. The molecule has 26 heavy (non-hydrogen) atoms. The topological polar surface area (TPSA) is 59.8 Å². The molecule has 1 N–H and O–H groups in total. The maximum Gasteiger partial charge on any atom is 0.268 e. The average Bonchev–Trinajstić information content (AvgIpc) is 3.36. The van der Waals surface area contributed by atoms with Gasteiger partial charge in [0.15, 0.2) is 5.82 Å². The number of halogens is 1. The molecule has 130 valence electrons. The Bertz CT molecular complexity index is 1070. The van der Waals surface area contributed by atoms with E-state index in [0.29, 0.717) is 20.7 Å². The Morgan fingerprint density at radius 1 is 1.12 bits per heavy atom. The van der Waals surface area contributed by atoms with E-state index in [4.69, 9.17) is 11.6 Å². The minimum absolute atomic E-state index is 0.216. The van der Waals surface area contributed by atoms with Gasteiger partial charge in [0.05, 0.1) is 20.6 Å². The number of hydrogen-bond acceptors (Lipinski definition) is 5. The maximum absolute atomic E-state index is 12.6. The quantitative estimate of drug-likeness (QED) is 0.507. The second-order valence-corrected chi connectivity index (χ2v) is 8.19. The third kappa shape index (κ3) is 3.41. The summed E-state index contributed by atoms with van der Waals surface area (Å²) in [4.78, 5) is 18.6. The van der Waals surface area contributed by atoms with Crippen molar-refractivity contribution < 1.29 is 4.79 Å². The van der Waals surface area contributed by atoms with Crippen LogP contribution in [0.1, 0.15) is 15.4 Å². The van der Waals surface area contributed by atoms with Gasteiger partial charge in [0.25, 0.3) is 5.91 Å². The van der Waals surface area contributed by atoms with Crippen molar-refractivity contribution in [2.24, 2.45) is 0 Å². The van der Waals surface area contributed by atoms with Gasteiger partial charge in [-0.25, -0.2) is 9.67 Å². The lowest BCUT2D eigenvalue weighted by molar-refractivity contribution is 0.102. The van der Waals surface area contributed by atoms with E-state index in [1.54, 1.807) is 10.7 Å². The summed E-state index contributed by atoms with van der Waals surface area (Å²) in [5.74, 6) is 0.277. The zero-order chi connectivity index (χ0) is 18.1. The lowest BCUT2D eigenvalue weighted by Gasteiger charge is -2.01. The number of thiophene rings is 1. The van der Waals surface area contributed by atoms with Gasteiger partial charge in [0.2, 0.25) is 0 Å². The molecule has 0 aliphatic heterocycles. The van der Waals surface area contributed by atoms with E-state index in [1.165, 1.54) is 22.7 Å². The van der Waals surface area contributed by atoms with Crippen LogP contribution < -0.4 is 5.32 Å². The van der Waals surface area contributed by atoms with Crippen LogP contribution in [0, 0.1) is 6.92 Å². The molecule has 0 saturated heterocycles. The molecule has 5 nitrogen and oxygen atoms in total. The highest BCUT2D eigenvalue weighted by Gasteiger charge is 2.18. The maximum atomic E-state index is 12.6. The van der Waals surface area contributed by atoms with E-state index in [-0.39, 0.29) is 5.91 Å². The average molecular weight is 401 g/mol. The van der Waals surface area contributed by atoms with Gasteiger partial charge in [-0.3, -0.25) is 4.79 Å². The van der Waals surface area contributed by atoms with Crippen LogP contribution >= 0.6 is 34.3 Å². The van der Waals surface area contributed by atoms with Crippen LogP contribution in [0.5, 0.6) is 0 Å². The van der Waals surface area contributed by atoms with Gasteiger partial charge < -0.3 is 5.32 Å². The van der Waals surface area contributed by atoms with Crippen molar-refractivity contribution in [3.8, 4) is 15.6 Å². The monoisotopic (exact) mass is 400 g/mol. The predicted octanol–water partition coefficient (Wildman–Crippen LogP) is 5.27. The zero-order valence-electron chi connectivity index (χ0n) is 13.6. The van der Waals surface area contributed by atoms with Crippen LogP contribution in [-0.2, 0) is 0 Å². The minimum Gasteiger partial charge on any atom is -0.304 e. The van der Waals surface area contributed by atoms with Crippen LogP contribution in [0.3, 0.4) is 0 Å². The molecule has 3 aromatic heterocycles. The molecular weight excluding hydrogens is 388 g/mol. The molecule has 4 aromatic rings. The number of hydrogen-bond donors (Lipinski definition) is 1. The zero-order valence-corrected chi connectivity index (χ0v) is 16.0. The summed E-state index contributed by atoms with van der Waals surface area (Å²) in [5.41, 5.74) is 1.62. The van der Waals surface area contributed by atoms with Crippen molar-refractivity contribution in [3.05, 3.63) is 69.6 Å². The lowest BCUT2D eigenvalue weighted by Crippen LogP contribution is -2.12. The fourth-order valence-electron chi connectivity index (χ4n) is 2.43. The van der Waals surface area contributed by atoms with Crippen molar-refractivity contribution in [3.63, 3.8) is 0 Å². The number of rotatable bonds is 4. The number of carbonyl (C=O) groups is 1. The second kappa shape index (κ2) is 7.03. The molecule has 8 heteroatoms. The first-order valence-corrected chi connectivity index (χ1v) is 9.77. The number of carbonyl (C=O) groups excluding carboxylic acids is 1. The number of thiazole rings is 1. The number of para-hydroxylation sites is 1. The standard InChI is InChI=1S/C18H13ClN4OS2/c1-11-16(26-18(20-11)13-7-8-14(19)25-13)17(24)21-15-9-10-23(22-15)12-5-3-2-4-6-12/h2-10H,1H3,(H,21,22,24). The highest BCUT2D eigenvalue weighted by atomic mass is 35.5. The molecule has 0 unspecified atom stereocenters. The third-order valence-electron chi connectivity index (χ3n) is 3.64. The van der Waals surface area contributed by atoms with Crippen LogP contribution in [0.25, 0.3) is 15.6 Å². The molecule has 1 amide bonds. The number of nitrogens with zero attached hydrogens (tertiary/aromatic N) is 3. The van der Waals surface area contributed by atoms with E-state index >= 15 is 0 Å². The summed E-state index contributed by atoms with van der Waals surface area (Å²) in [6.07, 6.45) is 1.81.